The third-order valence-corrected chi connectivity index (χ3v) is 3.06. The smallest absolute Gasteiger partial charge is 0.244 e. The first kappa shape index (κ1) is 13.4. The van der Waals surface area contributed by atoms with E-state index < -0.39 is 0 Å². The zero-order chi connectivity index (χ0) is 13.8. The number of ketones is 1. The summed E-state index contributed by atoms with van der Waals surface area (Å²) < 4.78 is 0.899. The summed E-state index contributed by atoms with van der Waals surface area (Å²) in [7, 11) is 0. The lowest BCUT2D eigenvalue weighted by molar-refractivity contribution is -0.435. The summed E-state index contributed by atoms with van der Waals surface area (Å²) in [6, 6.07) is 13.5. The molecule has 0 aliphatic carbocycles. The van der Waals surface area contributed by atoms with Crippen molar-refractivity contribution >= 4 is 33.1 Å². The third-order valence-electron chi connectivity index (χ3n) is 2.53. The van der Waals surface area contributed by atoms with Crippen LogP contribution in [0.2, 0.25) is 0 Å². The zero-order valence-electron chi connectivity index (χ0n) is 10.2. The maximum absolute atomic E-state index is 11.8. The van der Waals surface area contributed by atoms with Crippen LogP contribution in [0.1, 0.15) is 17.3 Å². The maximum Gasteiger partial charge on any atom is 0.244 e. The molecule has 0 heterocycles. The summed E-state index contributed by atoms with van der Waals surface area (Å²) in [5, 5.41) is 15.7. The Morgan fingerprint density at radius 2 is 1.68 bits per heavy atom. The van der Waals surface area contributed by atoms with Crippen molar-refractivity contribution in [2.24, 2.45) is 5.11 Å². The topological polar surface area (TPSA) is 55.5 Å². The lowest BCUT2D eigenvalue weighted by atomic mass is 10.1. The minimum absolute atomic E-state index is 0.0153. The van der Waals surface area contributed by atoms with Gasteiger partial charge in [0.15, 0.2) is 5.78 Å². The zero-order valence-corrected chi connectivity index (χ0v) is 11.8. The van der Waals surface area contributed by atoms with Crippen molar-refractivity contribution in [3.8, 4) is 0 Å². The van der Waals surface area contributed by atoms with Gasteiger partial charge in [0.1, 0.15) is 5.69 Å². The van der Waals surface area contributed by atoms with Crippen LogP contribution >= 0.6 is 15.9 Å². The molecule has 0 unspecified atom stereocenters. The SMILES string of the molecule is CC(=O)c1ccc(N=[N+]([O-])c2ccc(Br)cc2)cc1. The van der Waals surface area contributed by atoms with Crippen molar-refractivity contribution in [3.63, 3.8) is 0 Å². The Kier molecular flexibility index (Phi) is 4.06. The molecule has 0 bridgehead atoms. The number of hydrogen-bond donors (Lipinski definition) is 0. The van der Waals surface area contributed by atoms with Crippen molar-refractivity contribution < 1.29 is 9.66 Å². The standard InChI is InChI=1S/C14H11BrN2O2/c1-10(18)11-2-6-13(7-3-11)16-17(19)14-8-4-12(15)5-9-14/h2-9H,1H3. The average Bonchev–Trinajstić information content (AvgIpc) is 2.40. The predicted octanol–water partition coefficient (Wildman–Crippen LogP) is 4.58. The van der Waals surface area contributed by atoms with Gasteiger partial charge in [-0.1, -0.05) is 20.8 Å². The number of Topliss-reactive ketones (excluding diaryl/α,β-unsaturated/α-hetero) is 1. The van der Waals surface area contributed by atoms with E-state index in [2.05, 4.69) is 21.0 Å². The molecular weight excluding hydrogens is 308 g/mol. The molecule has 2 aromatic carbocycles. The highest BCUT2D eigenvalue weighted by Crippen LogP contribution is 2.20. The minimum Gasteiger partial charge on any atom is -0.594 e. The van der Waals surface area contributed by atoms with Crippen LogP contribution in [0.25, 0.3) is 0 Å². The highest BCUT2D eigenvalue weighted by molar-refractivity contribution is 9.10. The van der Waals surface area contributed by atoms with Crippen LogP contribution in [-0.4, -0.2) is 10.6 Å². The first-order valence-corrected chi connectivity index (χ1v) is 6.41. The van der Waals surface area contributed by atoms with Gasteiger partial charge in [0.25, 0.3) is 0 Å². The van der Waals surface area contributed by atoms with E-state index in [4.69, 9.17) is 0 Å². The molecule has 0 atom stereocenters. The summed E-state index contributed by atoms with van der Waals surface area (Å²) in [5.41, 5.74) is 1.54. The molecule has 0 aliphatic heterocycles. The second-order valence-electron chi connectivity index (χ2n) is 3.95. The van der Waals surface area contributed by atoms with Gasteiger partial charge < -0.3 is 5.21 Å². The molecule has 5 heteroatoms. The molecule has 2 rings (SSSR count). The van der Waals surface area contributed by atoms with Gasteiger partial charge in [0.05, 0.1) is 0 Å². The number of benzene rings is 2. The Morgan fingerprint density at radius 3 is 2.21 bits per heavy atom. The Labute approximate surface area is 119 Å². The van der Waals surface area contributed by atoms with E-state index in [1.54, 1.807) is 48.5 Å². The normalized spacial score (nSPS) is 11.4. The second kappa shape index (κ2) is 5.75. The summed E-state index contributed by atoms with van der Waals surface area (Å²) >= 11 is 3.30. The van der Waals surface area contributed by atoms with Gasteiger partial charge in [0, 0.05) is 27.3 Å². The molecule has 0 aromatic heterocycles. The fourth-order valence-electron chi connectivity index (χ4n) is 1.49. The molecule has 0 N–H and O–H groups in total. The van der Waals surface area contributed by atoms with E-state index in [0.29, 0.717) is 21.8 Å². The van der Waals surface area contributed by atoms with Crippen molar-refractivity contribution in [2.45, 2.75) is 6.92 Å². The molecule has 0 radical (unpaired) electrons. The van der Waals surface area contributed by atoms with Crippen LogP contribution in [0.3, 0.4) is 0 Å². The van der Waals surface area contributed by atoms with E-state index in [1.807, 2.05) is 0 Å². The molecular formula is C14H11BrN2O2. The van der Waals surface area contributed by atoms with Crippen LogP contribution < -0.4 is 0 Å². The molecule has 0 aliphatic rings. The molecule has 0 spiro atoms. The van der Waals surface area contributed by atoms with Gasteiger partial charge in [-0.2, -0.15) is 0 Å². The van der Waals surface area contributed by atoms with Gasteiger partial charge in [-0.15, -0.1) is 0 Å². The first-order valence-electron chi connectivity index (χ1n) is 5.62. The Balaban J connectivity index is 2.25. The van der Waals surface area contributed by atoms with E-state index in [-0.39, 0.29) is 5.78 Å². The van der Waals surface area contributed by atoms with Gasteiger partial charge in [-0.3, -0.25) is 4.79 Å². The van der Waals surface area contributed by atoms with Gasteiger partial charge in [-0.25, -0.2) is 0 Å². The fourth-order valence-corrected chi connectivity index (χ4v) is 1.76. The lowest BCUT2D eigenvalue weighted by Gasteiger charge is -2.00. The molecule has 96 valence electrons. The number of carbonyl (C=O) groups excluding carboxylic acids is 1. The van der Waals surface area contributed by atoms with Crippen LogP contribution in [0.15, 0.2) is 58.1 Å². The summed E-state index contributed by atoms with van der Waals surface area (Å²) in [4.78, 5) is 11.7. The quantitative estimate of drug-likeness (QED) is 0.360. The van der Waals surface area contributed by atoms with Crippen LogP contribution in [0.4, 0.5) is 11.4 Å². The van der Waals surface area contributed by atoms with Crippen molar-refractivity contribution in [3.05, 3.63) is 63.8 Å². The number of carbonyl (C=O) groups is 1. The van der Waals surface area contributed by atoms with E-state index in [9.17, 15) is 10.0 Å². The Bertz CT molecular complexity index is 619. The van der Waals surface area contributed by atoms with Gasteiger partial charge in [0.2, 0.25) is 5.69 Å². The number of hydrogen-bond acceptors (Lipinski definition) is 3. The molecule has 0 amide bonds. The van der Waals surface area contributed by atoms with Crippen molar-refractivity contribution in [1.82, 2.24) is 0 Å². The summed E-state index contributed by atoms with van der Waals surface area (Å²) in [6.45, 7) is 1.49. The number of rotatable bonds is 3. The molecule has 2 aromatic rings. The second-order valence-corrected chi connectivity index (χ2v) is 4.87. The summed E-state index contributed by atoms with van der Waals surface area (Å²) in [5.74, 6) is -0.0153. The first-order chi connectivity index (χ1) is 9.06. The van der Waals surface area contributed by atoms with Crippen LogP contribution in [0, 0.1) is 5.21 Å². The molecule has 4 nitrogen and oxygen atoms in total. The monoisotopic (exact) mass is 318 g/mol. The van der Waals surface area contributed by atoms with Gasteiger partial charge >= 0.3 is 0 Å². The van der Waals surface area contributed by atoms with E-state index in [1.165, 1.54) is 6.92 Å². The summed E-state index contributed by atoms with van der Waals surface area (Å²) in [6.07, 6.45) is 0. The molecule has 19 heavy (non-hydrogen) atoms. The van der Waals surface area contributed by atoms with Crippen molar-refractivity contribution in [1.29, 1.82) is 0 Å². The predicted molar refractivity (Wildman–Crippen MR) is 76.0 cm³/mol. The average molecular weight is 319 g/mol. The number of azo groups is 1. The molecule has 0 saturated heterocycles. The Hall–Kier alpha value is -2.01. The lowest BCUT2D eigenvalue weighted by Crippen LogP contribution is -1.91. The minimum atomic E-state index is -0.0153. The third kappa shape index (κ3) is 3.48. The largest absolute Gasteiger partial charge is 0.594 e. The molecule has 0 fully saturated rings. The van der Waals surface area contributed by atoms with Crippen LogP contribution in [-0.2, 0) is 0 Å². The molecule has 0 saturated carbocycles. The fraction of sp³-hybridized carbons (Fsp3) is 0.0714. The van der Waals surface area contributed by atoms with Crippen molar-refractivity contribution in [2.75, 3.05) is 0 Å². The Morgan fingerprint density at radius 1 is 1.11 bits per heavy atom. The van der Waals surface area contributed by atoms with Gasteiger partial charge in [-0.05, 0) is 43.3 Å². The number of halogens is 1. The van der Waals surface area contributed by atoms with E-state index in [0.717, 1.165) is 4.47 Å². The highest BCUT2D eigenvalue weighted by Gasteiger charge is 2.04. The maximum atomic E-state index is 11.8. The highest BCUT2D eigenvalue weighted by atomic mass is 79.9. The van der Waals surface area contributed by atoms with E-state index >= 15 is 0 Å². The number of nitrogens with zero attached hydrogens (tertiary/aromatic N) is 2. The van der Waals surface area contributed by atoms with Crippen LogP contribution in [0.5, 0.6) is 0 Å².